The molecular weight excluding hydrogens is 552 g/mol. The van der Waals surface area contributed by atoms with Crippen molar-refractivity contribution >= 4 is 16.8 Å². The molecule has 0 aliphatic carbocycles. The molecule has 1 fully saturated rings. The fourth-order valence-electron chi connectivity index (χ4n) is 5.16. The summed E-state index contributed by atoms with van der Waals surface area (Å²) in [7, 11) is 0. The Kier molecular flexibility index (Phi) is 7.17. The van der Waals surface area contributed by atoms with Crippen molar-refractivity contribution in [3.05, 3.63) is 103 Å². The van der Waals surface area contributed by atoms with Gasteiger partial charge in [0.25, 0.3) is 0 Å². The maximum absolute atomic E-state index is 10.5. The Morgan fingerprint density at radius 1 is 0.744 bits per heavy atom. The van der Waals surface area contributed by atoms with Gasteiger partial charge in [-0.2, -0.15) is 0 Å². The van der Waals surface area contributed by atoms with E-state index in [1.807, 2.05) is 78.9 Å². The minimum Gasteiger partial charge on any atom is -0.485 e. The molecule has 43 heavy (non-hydrogen) atoms. The maximum atomic E-state index is 10.5. The Hall–Kier alpha value is -4.88. The third kappa shape index (κ3) is 5.06. The third-order valence-electron chi connectivity index (χ3n) is 7.44. The highest BCUT2D eigenvalue weighted by Crippen LogP contribution is 2.35. The summed E-state index contributed by atoms with van der Waals surface area (Å²) in [5, 5.41) is 39.0. The molecule has 4 atom stereocenters. The van der Waals surface area contributed by atoms with Gasteiger partial charge in [-0.15, -0.1) is 10.2 Å². The van der Waals surface area contributed by atoms with Crippen molar-refractivity contribution in [2.24, 2.45) is 0 Å². The Balaban J connectivity index is 1.22. The van der Waals surface area contributed by atoms with E-state index in [4.69, 9.17) is 14.2 Å². The van der Waals surface area contributed by atoms with E-state index in [1.54, 1.807) is 10.7 Å². The van der Waals surface area contributed by atoms with Crippen LogP contribution in [0.4, 0.5) is 0 Å². The topological polar surface area (TPSA) is 149 Å². The highest BCUT2D eigenvalue weighted by atomic mass is 16.6. The summed E-state index contributed by atoms with van der Waals surface area (Å²) in [6.07, 6.45) is -1.37. The predicted octanol–water partition coefficient (Wildman–Crippen LogP) is 2.91. The van der Waals surface area contributed by atoms with Crippen LogP contribution in [-0.2, 0) is 18.0 Å². The van der Waals surface area contributed by atoms with Crippen LogP contribution in [0.25, 0.3) is 28.2 Å². The standard InChI is InChI=1S/C31H28N6O6/c38-14-24-26(39)27(40)31(43-24)37-17-32-25-29(37)33-18-36-28(34-35-30(25)36)21-11-12-22(41-15-19-7-3-1-4-8-19)23(13-21)42-16-20-9-5-2-6-10-20/h1-13,17-18,24,26-27,31,38-40H,14-16H2/t24-,26-,27-,31-/m1/s1. The van der Waals surface area contributed by atoms with E-state index >= 15 is 0 Å². The second-order valence-corrected chi connectivity index (χ2v) is 10.2. The Morgan fingerprint density at radius 3 is 2.12 bits per heavy atom. The molecule has 1 aliphatic rings. The lowest BCUT2D eigenvalue weighted by Gasteiger charge is -2.16. The highest BCUT2D eigenvalue weighted by Gasteiger charge is 2.44. The monoisotopic (exact) mass is 580 g/mol. The first-order chi connectivity index (χ1) is 21.1. The summed E-state index contributed by atoms with van der Waals surface area (Å²) in [6, 6.07) is 25.4. The zero-order valence-corrected chi connectivity index (χ0v) is 22.8. The quantitative estimate of drug-likeness (QED) is 0.233. The predicted molar refractivity (Wildman–Crippen MR) is 154 cm³/mol. The minimum absolute atomic E-state index is 0.354. The Morgan fingerprint density at radius 2 is 1.44 bits per heavy atom. The molecule has 3 aromatic heterocycles. The van der Waals surface area contributed by atoms with E-state index in [-0.39, 0.29) is 0 Å². The number of aliphatic hydroxyl groups excluding tert-OH is 3. The van der Waals surface area contributed by atoms with Crippen LogP contribution >= 0.6 is 0 Å². The van der Waals surface area contributed by atoms with Gasteiger partial charge >= 0.3 is 0 Å². The lowest BCUT2D eigenvalue weighted by Crippen LogP contribution is -2.33. The molecule has 0 amide bonds. The summed E-state index contributed by atoms with van der Waals surface area (Å²) in [5.74, 6) is 1.66. The number of ether oxygens (including phenoxy) is 3. The molecule has 6 aromatic rings. The normalized spacial score (nSPS) is 20.2. The van der Waals surface area contributed by atoms with Crippen LogP contribution in [0.15, 0.2) is 91.5 Å². The fourth-order valence-corrected chi connectivity index (χ4v) is 5.16. The molecule has 0 bridgehead atoms. The molecule has 0 radical (unpaired) electrons. The van der Waals surface area contributed by atoms with Gasteiger partial charge in [0.1, 0.15) is 37.9 Å². The highest BCUT2D eigenvalue weighted by molar-refractivity contribution is 5.86. The van der Waals surface area contributed by atoms with Crippen LogP contribution in [0, 0.1) is 0 Å². The molecule has 0 spiro atoms. The first-order valence-corrected chi connectivity index (χ1v) is 13.8. The fraction of sp³-hybridized carbons (Fsp3) is 0.226. The van der Waals surface area contributed by atoms with E-state index in [2.05, 4.69) is 20.2 Å². The van der Waals surface area contributed by atoms with Gasteiger partial charge in [-0.3, -0.25) is 8.97 Å². The molecule has 12 heteroatoms. The molecule has 3 N–H and O–H groups in total. The number of rotatable bonds is 9. The van der Waals surface area contributed by atoms with Crippen molar-refractivity contribution in [3.8, 4) is 22.9 Å². The Labute approximate surface area is 245 Å². The first-order valence-electron chi connectivity index (χ1n) is 13.8. The number of benzene rings is 3. The van der Waals surface area contributed by atoms with Gasteiger partial charge in [0.2, 0.25) is 0 Å². The van der Waals surface area contributed by atoms with E-state index < -0.39 is 31.1 Å². The zero-order chi connectivity index (χ0) is 29.3. The zero-order valence-electron chi connectivity index (χ0n) is 22.8. The molecule has 0 saturated carbocycles. The van der Waals surface area contributed by atoms with Crippen LogP contribution < -0.4 is 9.47 Å². The lowest BCUT2D eigenvalue weighted by molar-refractivity contribution is -0.0511. The van der Waals surface area contributed by atoms with Crippen molar-refractivity contribution in [2.75, 3.05) is 6.61 Å². The second kappa shape index (κ2) is 11.4. The van der Waals surface area contributed by atoms with E-state index in [0.717, 1.165) is 16.7 Å². The summed E-state index contributed by atoms with van der Waals surface area (Å²) in [4.78, 5) is 9.01. The second-order valence-electron chi connectivity index (χ2n) is 10.2. The summed E-state index contributed by atoms with van der Waals surface area (Å²) in [6.45, 7) is 0.308. The van der Waals surface area contributed by atoms with E-state index in [0.29, 0.717) is 47.3 Å². The summed E-state index contributed by atoms with van der Waals surface area (Å²) >= 11 is 0. The molecular formula is C31H28N6O6. The van der Waals surface area contributed by atoms with Crippen LogP contribution in [0.3, 0.4) is 0 Å². The van der Waals surface area contributed by atoms with Gasteiger partial charge < -0.3 is 29.5 Å². The summed E-state index contributed by atoms with van der Waals surface area (Å²) in [5.41, 5.74) is 4.05. The molecule has 0 unspecified atom stereocenters. The average Bonchev–Trinajstić information content (AvgIpc) is 3.75. The molecule has 3 aromatic carbocycles. The van der Waals surface area contributed by atoms with Crippen LogP contribution in [0.1, 0.15) is 17.4 Å². The smallest absolute Gasteiger partial charge is 0.192 e. The van der Waals surface area contributed by atoms with Crippen molar-refractivity contribution in [1.29, 1.82) is 0 Å². The molecule has 4 heterocycles. The maximum Gasteiger partial charge on any atom is 0.192 e. The largest absolute Gasteiger partial charge is 0.485 e. The SMILES string of the molecule is OC[C@H]1O[C@@H](n2cnc3c2ncn2c(-c4ccc(OCc5ccccc5)c(OCc5ccccc5)c4)nnc32)[C@H](O)[C@@H]1O. The van der Waals surface area contributed by atoms with Gasteiger partial charge in [0.15, 0.2) is 40.4 Å². The van der Waals surface area contributed by atoms with Gasteiger partial charge in [-0.05, 0) is 29.3 Å². The average molecular weight is 581 g/mol. The number of hydrogen-bond donors (Lipinski definition) is 3. The van der Waals surface area contributed by atoms with Crippen molar-refractivity contribution in [2.45, 2.75) is 37.8 Å². The van der Waals surface area contributed by atoms with Gasteiger partial charge in [0.05, 0.1) is 12.9 Å². The van der Waals surface area contributed by atoms with Crippen LogP contribution in [0.5, 0.6) is 11.5 Å². The van der Waals surface area contributed by atoms with E-state index in [1.165, 1.54) is 10.9 Å². The number of imidazole rings is 1. The number of aliphatic hydroxyl groups is 3. The number of hydrogen-bond acceptors (Lipinski definition) is 10. The molecule has 12 nitrogen and oxygen atoms in total. The van der Waals surface area contributed by atoms with Gasteiger partial charge in [-0.25, -0.2) is 9.97 Å². The van der Waals surface area contributed by atoms with Crippen LogP contribution in [-0.4, -0.2) is 69.4 Å². The minimum atomic E-state index is -1.27. The molecule has 218 valence electrons. The summed E-state index contributed by atoms with van der Waals surface area (Å²) < 4.78 is 21.3. The molecule has 1 aliphatic heterocycles. The van der Waals surface area contributed by atoms with Gasteiger partial charge in [0, 0.05) is 5.56 Å². The number of nitrogens with zero attached hydrogens (tertiary/aromatic N) is 6. The molecule has 1 saturated heterocycles. The Bertz CT molecular complexity index is 1860. The van der Waals surface area contributed by atoms with Crippen molar-refractivity contribution < 1.29 is 29.5 Å². The number of aromatic nitrogens is 6. The first kappa shape index (κ1) is 27.0. The van der Waals surface area contributed by atoms with Crippen molar-refractivity contribution in [3.63, 3.8) is 0 Å². The lowest BCUT2D eigenvalue weighted by atomic mass is 10.1. The van der Waals surface area contributed by atoms with E-state index in [9.17, 15) is 15.3 Å². The van der Waals surface area contributed by atoms with Crippen molar-refractivity contribution in [1.82, 2.24) is 29.1 Å². The molecule has 7 rings (SSSR count). The van der Waals surface area contributed by atoms with Gasteiger partial charge in [-0.1, -0.05) is 60.7 Å². The third-order valence-corrected chi connectivity index (χ3v) is 7.44. The van der Waals surface area contributed by atoms with Crippen LogP contribution in [0.2, 0.25) is 0 Å². The number of fused-ring (bicyclic) bond motifs is 3.